The number of ether oxygens (including phenoxy) is 3. The molecule has 1 fully saturated rings. The molecule has 1 aliphatic rings. The quantitative estimate of drug-likeness (QED) is 0.172. The Hall–Kier alpha value is -2.06. The smallest absolute Gasteiger partial charge is 0.305 e. The summed E-state index contributed by atoms with van der Waals surface area (Å²) in [5.74, 6) is 0.972. The molecule has 0 aromatic heterocycles. The SMILES string of the molecule is CCCCCOc1ccc(/C=C2\SC(=S)N(CCCC(=O)OCC)C2=O)cc1OCC. The number of unbranched alkanes of at least 4 members (excludes halogenated alkanes) is 2. The van der Waals surface area contributed by atoms with Crippen molar-refractivity contribution in [1.82, 2.24) is 4.90 Å². The molecule has 1 aromatic rings. The molecule has 0 aliphatic carbocycles. The minimum absolute atomic E-state index is 0.142. The number of hydrogen-bond acceptors (Lipinski definition) is 7. The third-order valence-corrected chi connectivity index (χ3v) is 5.89. The van der Waals surface area contributed by atoms with E-state index in [0.717, 1.165) is 24.8 Å². The largest absolute Gasteiger partial charge is 0.490 e. The molecular formula is C23H31NO5S2. The molecule has 0 atom stereocenters. The summed E-state index contributed by atoms with van der Waals surface area (Å²) in [5.41, 5.74) is 0.844. The molecule has 0 bridgehead atoms. The molecule has 6 nitrogen and oxygen atoms in total. The number of thioether (sulfide) groups is 1. The van der Waals surface area contributed by atoms with Crippen LogP contribution in [-0.2, 0) is 14.3 Å². The van der Waals surface area contributed by atoms with Crippen molar-refractivity contribution in [3.8, 4) is 11.5 Å². The van der Waals surface area contributed by atoms with Crippen LogP contribution in [0, 0.1) is 0 Å². The summed E-state index contributed by atoms with van der Waals surface area (Å²) < 4.78 is 17.0. The van der Waals surface area contributed by atoms with Crippen molar-refractivity contribution < 1.29 is 23.8 Å². The molecule has 0 N–H and O–H groups in total. The number of esters is 1. The number of amides is 1. The van der Waals surface area contributed by atoms with Gasteiger partial charge in [-0.2, -0.15) is 0 Å². The molecule has 8 heteroatoms. The number of thiocarbonyl (C=S) groups is 1. The van der Waals surface area contributed by atoms with Gasteiger partial charge in [0.25, 0.3) is 5.91 Å². The fourth-order valence-electron chi connectivity index (χ4n) is 2.99. The Morgan fingerprint density at radius 3 is 2.61 bits per heavy atom. The second-order valence-electron chi connectivity index (χ2n) is 6.94. The average molecular weight is 466 g/mol. The Morgan fingerprint density at radius 2 is 1.90 bits per heavy atom. The van der Waals surface area contributed by atoms with Crippen molar-refractivity contribution in [2.24, 2.45) is 0 Å². The summed E-state index contributed by atoms with van der Waals surface area (Å²) in [6.07, 6.45) is 5.86. The zero-order valence-electron chi connectivity index (χ0n) is 18.5. The molecule has 2 rings (SSSR count). The van der Waals surface area contributed by atoms with E-state index in [-0.39, 0.29) is 18.3 Å². The highest BCUT2D eigenvalue weighted by Gasteiger charge is 2.31. The van der Waals surface area contributed by atoms with E-state index in [4.69, 9.17) is 26.4 Å². The molecule has 0 unspecified atom stereocenters. The number of benzene rings is 1. The van der Waals surface area contributed by atoms with E-state index < -0.39 is 0 Å². The van der Waals surface area contributed by atoms with E-state index >= 15 is 0 Å². The predicted octanol–water partition coefficient (Wildman–Crippen LogP) is 5.20. The lowest BCUT2D eigenvalue weighted by Crippen LogP contribution is -2.29. The van der Waals surface area contributed by atoms with Gasteiger partial charge in [-0.25, -0.2) is 0 Å². The van der Waals surface area contributed by atoms with Crippen LogP contribution in [-0.4, -0.2) is 47.5 Å². The molecule has 0 spiro atoms. The molecule has 0 radical (unpaired) electrons. The van der Waals surface area contributed by atoms with Crippen molar-refractivity contribution in [3.63, 3.8) is 0 Å². The Bertz CT molecular complexity index is 809. The maximum Gasteiger partial charge on any atom is 0.305 e. The molecule has 170 valence electrons. The monoisotopic (exact) mass is 465 g/mol. The van der Waals surface area contributed by atoms with Crippen LogP contribution in [0.2, 0.25) is 0 Å². The van der Waals surface area contributed by atoms with Crippen LogP contribution in [0.25, 0.3) is 6.08 Å². The van der Waals surface area contributed by atoms with Crippen molar-refractivity contribution >= 4 is 46.3 Å². The third kappa shape index (κ3) is 7.85. The first kappa shape index (κ1) is 25.2. The van der Waals surface area contributed by atoms with Crippen LogP contribution >= 0.6 is 24.0 Å². The molecule has 1 amide bonds. The van der Waals surface area contributed by atoms with Crippen LogP contribution < -0.4 is 9.47 Å². The van der Waals surface area contributed by atoms with Crippen LogP contribution in [0.15, 0.2) is 23.1 Å². The first-order valence-corrected chi connectivity index (χ1v) is 12.0. The zero-order chi connectivity index (χ0) is 22.6. The Labute approximate surface area is 194 Å². The van der Waals surface area contributed by atoms with Gasteiger partial charge in [-0.15, -0.1) is 0 Å². The second-order valence-corrected chi connectivity index (χ2v) is 8.61. The number of rotatable bonds is 13. The maximum absolute atomic E-state index is 12.8. The van der Waals surface area contributed by atoms with Gasteiger partial charge in [0, 0.05) is 13.0 Å². The molecule has 0 saturated carbocycles. The van der Waals surface area contributed by atoms with Gasteiger partial charge in [0.15, 0.2) is 11.5 Å². The fourth-order valence-corrected chi connectivity index (χ4v) is 4.30. The number of carbonyl (C=O) groups is 2. The van der Waals surface area contributed by atoms with E-state index in [1.54, 1.807) is 11.8 Å². The van der Waals surface area contributed by atoms with Gasteiger partial charge < -0.3 is 14.2 Å². The first-order valence-electron chi connectivity index (χ1n) is 10.8. The predicted molar refractivity (Wildman–Crippen MR) is 128 cm³/mol. The maximum atomic E-state index is 12.8. The van der Waals surface area contributed by atoms with E-state index in [9.17, 15) is 9.59 Å². The van der Waals surface area contributed by atoms with E-state index in [1.165, 1.54) is 11.8 Å². The zero-order valence-corrected chi connectivity index (χ0v) is 20.1. The Balaban J connectivity index is 2.04. The fraction of sp³-hybridized carbons (Fsp3) is 0.522. The lowest BCUT2D eigenvalue weighted by atomic mass is 10.1. The summed E-state index contributed by atoms with van der Waals surface area (Å²) in [6.45, 7) is 7.78. The van der Waals surface area contributed by atoms with E-state index in [1.807, 2.05) is 31.2 Å². The van der Waals surface area contributed by atoms with Crippen molar-refractivity contribution in [2.45, 2.75) is 52.9 Å². The van der Waals surface area contributed by atoms with Gasteiger partial charge in [-0.05, 0) is 50.5 Å². The molecule has 1 aliphatic heterocycles. The molecule has 1 heterocycles. The van der Waals surface area contributed by atoms with Gasteiger partial charge in [0.1, 0.15) is 4.32 Å². The topological polar surface area (TPSA) is 65.1 Å². The van der Waals surface area contributed by atoms with Crippen LogP contribution in [0.1, 0.15) is 58.4 Å². The highest BCUT2D eigenvalue weighted by Crippen LogP contribution is 2.35. The van der Waals surface area contributed by atoms with Crippen LogP contribution in [0.5, 0.6) is 11.5 Å². The Morgan fingerprint density at radius 1 is 1.10 bits per heavy atom. The second kappa shape index (κ2) is 13.4. The van der Waals surface area contributed by atoms with Gasteiger partial charge in [0.05, 0.1) is 24.7 Å². The molecular weight excluding hydrogens is 434 g/mol. The number of hydrogen-bond donors (Lipinski definition) is 0. The molecule has 31 heavy (non-hydrogen) atoms. The summed E-state index contributed by atoms with van der Waals surface area (Å²) in [5, 5.41) is 0. The minimum atomic E-state index is -0.260. The van der Waals surface area contributed by atoms with Gasteiger partial charge in [-0.3, -0.25) is 14.5 Å². The van der Waals surface area contributed by atoms with Crippen LogP contribution in [0.4, 0.5) is 0 Å². The summed E-state index contributed by atoms with van der Waals surface area (Å²) in [6, 6.07) is 5.67. The van der Waals surface area contributed by atoms with Crippen molar-refractivity contribution in [3.05, 3.63) is 28.7 Å². The first-order chi connectivity index (χ1) is 15.0. The van der Waals surface area contributed by atoms with E-state index in [2.05, 4.69) is 6.92 Å². The lowest BCUT2D eigenvalue weighted by molar-refractivity contribution is -0.143. The van der Waals surface area contributed by atoms with Gasteiger partial charge in [-0.1, -0.05) is 49.8 Å². The Kier molecular flexibility index (Phi) is 10.9. The number of nitrogens with zero attached hydrogens (tertiary/aromatic N) is 1. The minimum Gasteiger partial charge on any atom is -0.490 e. The summed E-state index contributed by atoms with van der Waals surface area (Å²) in [4.78, 5) is 26.4. The highest BCUT2D eigenvalue weighted by atomic mass is 32.2. The lowest BCUT2D eigenvalue weighted by Gasteiger charge is -2.14. The van der Waals surface area contributed by atoms with Crippen molar-refractivity contribution in [1.29, 1.82) is 0 Å². The van der Waals surface area contributed by atoms with Gasteiger partial charge in [0.2, 0.25) is 0 Å². The molecule has 1 saturated heterocycles. The van der Waals surface area contributed by atoms with Gasteiger partial charge >= 0.3 is 5.97 Å². The van der Waals surface area contributed by atoms with E-state index in [0.29, 0.717) is 53.5 Å². The average Bonchev–Trinajstić information content (AvgIpc) is 3.00. The summed E-state index contributed by atoms with van der Waals surface area (Å²) in [7, 11) is 0. The number of carbonyl (C=O) groups excluding carboxylic acids is 2. The van der Waals surface area contributed by atoms with Crippen LogP contribution in [0.3, 0.4) is 0 Å². The standard InChI is InChI=1S/C23H31NO5S2/c1-4-7-8-14-29-18-12-11-17(15-19(18)27-5-2)16-20-22(26)24(23(30)31-20)13-9-10-21(25)28-6-3/h11-12,15-16H,4-10,13-14H2,1-3H3/b20-16-. The normalized spacial score (nSPS) is 14.9. The molecule has 1 aromatic carbocycles. The van der Waals surface area contributed by atoms with Crippen molar-refractivity contribution in [2.75, 3.05) is 26.4 Å². The third-order valence-electron chi connectivity index (χ3n) is 4.51. The highest BCUT2D eigenvalue weighted by molar-refractivity contribution is 8.26. The summed E-state index contributed by atoms with van der Waals surface area (Å²) >= 11 is 6.63.